The van der Waals surface area contributed by atoms with Gasteiger partial charge >= 0.3 is 6.36 Å². The lowest BCUT2D eigenvalue weighted by molar-refractivity contribution is -0.351. The van der Waals surface area contributed by atoms with Gasteiger partial charge in [0.15, 0.2) is 18.2 Å². The fourth-order valence-electron chi connectivity index (χ4n) is 5.09. The van der Waals surface area contributed by atoms with Gasteiger partial charge in [-0.2, -0.15) is 0 Å². The molecule has 32 heavy (non-hydrogen) atoms. The molecule has 1 heterocycles. The second-order valence-electron chi connectivity index (χ2n) is 9.01. The SMILES string of the molecule is O=C(COc1ccc(F)c(F)c1)NC12CC(n3cnc([C@H]4C[C@H](OC(F)(F)F)C4)c3)(C1)C2. The zero-order valence-corrected chi connectivity index (χ0v) is 16.8. The summed E-state index contributed by atoms with van der Waals surface area (Å²) in [6, 6.07) is 3.06. The molecule has 4 saturated carbocycles. The van der Waals surface area contributed by atoms with E-state index in [1.54, 1.807) is 6.33 Å². The second kappa shape index (κ2) is 7.16. The highest BCUT2D eigenvalue weighted by Crippen LogP contribution is 2.65. The first kappa shape index (κ1) is 21.2. The molecule has 4 aliphatic carbocycles. The number of carbonyl (C=O) groups excluding carboxylic acids is 1. The van der Waals surface area contributed by atoms with Gasteiger partial charge in [-0.05, 0) is 44.2 Å². The molecular weight excluding hydrogens is 437 g/mol. The van der Waals surface area contributed by atoms with Crippen molar-refractivity contribution in [1.82, 2.24) is 14.9 Å². The summed E-state index contributed by atoms with van der Waals surface area (Å²) in [5.74, 6) is -2.36. The van der Waals surface area contributed by atoms with Crippen molar-refractivity contribution < 1.29 is 36.2 Å². The van der Waals surface area contributed by atoms with Gasteiger partial charge in [0.05, 0.1) is 23.7 Å². The summed E-state index contributed by atoms with van der Waals surface area (Å²) in [5, 5.41) is 2.94. The number of rotatable bonds is 7. The van der Waals surface area contributed by atoms with E-state index in [0.717, 1.165) is 37.1 Å². The first-order valence-corrected chi connectivity index (χ1v) is 10.2. The maximum absolute atomic E-state index is 13.2. The van der Waals surface area contributed by atoms with Crippen molar-refractivity contribution in [3.63, 3.8) is 0 Å². The van der Waals surface area contributed by atoms with Crippen LogP contribution in [0.2, 0.25) is 0 Å². The standard InChI is InChI=1S/C21H20F5N3O3/c22-15-2-1-13(5-16(15)23)31-7-18(30)28-19-8-20(9-19,10-19)29-6-17(27-11-29)12-3-14(4-12)32-21(24,25)26/h1-2,5-6,11-12,14H,3-4,7-10H2,(H,28,30)/t12-,14-,19?,20?. The lowest BCUT2D eigenvalue weighted by Crippen LogP contribution is -2.78. The van der Waals surface area contributed by atoms with E-state index in [1.807, 2.05) is 10.8 Å². The second-order valence-corrected chi connectivity index (χ2v) is 9.01. The average Bonchev–Trinajstić information content (AvgIpc) is 3.09. The topological polar surface area (TPSA) is 65.4 Å². The number of carbonyl (C=O) groups is 1. The first-order valence-electron chi connectivity index (χ1n) is 10.2. The fourth-order valence-corrected chi connectivity index (χ4v) is 5.09. The van der Waals surface area contributed by atoms with E-state index in [2.05, 4.69) is 15.0 Å². The Kier molecular flexibility index (Phi) is 4.74. The Balaban J connectivity index is 1.08. The fraction of sp³-hybridized carbons (Fsp3) is 0.524. The summed E-state index contributed by atoms with van der Waals surface area (Å²) in [5.41, 5.74) is 0.307. The number of nitrogens with zero attached hydrogens (tertiary/aromatic N) is 2. The van der Waals surface area contributed by atoms with Crippen molar-refractivity contribution in [2.75, 3.05) is 6.61 Å². The van der Waals surface area contributed by atoms with Crippen LogP contribution in [0.5, 0.6) is 5.75 Å². The number of ether oxygens (including phenoxy) is 2. The van der Waals surface area contributed by atoms with Crippen molar-refractivity contribution in [2.45, 2.75) is 61.6 Å². The van der Waals surface area contributed by atoms with E-state index < -0.39 is 24.1 Å². The Morgan fingerprint density at radius 2 is 1.91 bits per heavy atom. The molecule has 0 radical (unpaired) electrons. The van der Waals surface area contributed by atoms with Gasteiger partial charge in [-0.25, -0.2) is 13.8 Å². The third kappa shape index (κ3) is 3.82. The predicted molar refractivity (Wildman–Crippen MR) is 99.7 cm³/mol. The minimum absolute atomic E-state index is 0.0435. The third-order valence-corrected chi connectivity index (χ3v) is 6.63. The number of aromatic nitrogens is 2. The number of hydrogen-bond donors (Lipinski definition) is 1. The number of amides is 1. The number of benzene rings is 1. The monoisotopic (exact) mass is 457 g/mol. The molecule has 1 aromatic carbocycles. The highest BCUT2D eigenvalue weighted by atomic mass is 19.4. The number of nitrogens with one attached hydrogen (secondary N) is 1. The summed E-state index contributed by atoms with van der Waals surface area (Å²) in [6.07, 6.45) is 0.900. The number of alkyl halides is 3. The van der Waals surface area contributed by atoms with Gasteiger partial charge in [0.2, 0.25) is 0 Å². The van der Waals surface area contributed by atoms with Crippen LogP contribution in [0.3, 0.4) is 0 Å². The third-order valence-electron chi connectivity index (χ3n) is 6.63. The van der Waals surface area contributed by atoms with Gasteiger partial charge in [-0.3, -0.25) is 9.53 Å². The number of hydrogen-bond acceptors (Lipinski definition) is 4. The van der Waals surface area contributed by atoms with Gasteiger partial charge in [-0.1, -0.05) is 0 Å². The molecule has 2 bridgehead atoms. The smallest absolute Gasteiger partial charge is 0.484 e. The Morgan fingerprint density at radius 1 is 1.19 bits per heavy atom. The van der Waals surface area contributed by atoms with Crippen LogP contribution >= 0.6 is 0 Å². The van der Waals surface area contributed by atoms with Crippen LogP contribution in [0.15, 0.2) is 30.7 Å². The Hall–Kier alpha value is -2.69. The van der Waals surface area contributed by atoms with E-state index in [-0.39, 0.29) is 35.3 Å². The first-order chi connectivity index (χ1) is 15.0. The van der Waals surface area contributed by atoms with Gasteiger partial charge < -0.3 is 14.6 Å². The Morgan fingerprint density at radius 3 is 2.56 bits per heavy atom. The maximum atomic E-state index is 13.2. The van der Waals surface area contributed by atoms with Crippen LogP contribution in [0.25, 0.3) is 0 Å². The molecule has 0 unspecified atom stereocenters. The van der Waals surface area contributed by atoms with Crippen LogP contribution in [-0.4, -0.2) is 40.1 Å². The van der Waals surface area contributed by atoms with Gasteiger partial charge in [0, 0.05) is 23.7 Å². The predicted octanol–water partition coefficient (Wildman–Crippen LogP) is 3.77. The lowest BCUT2D eigenvalue weighted by Gasteiger charge is -2.70. The lowest BCUT2D eigenvalue weighted by atomic mass is 9.44. The molecule has 1 aromatic heterocycles. The van der Waals surface area contributed by atoms with Crippen LogP contribution in [0.1, 0.15) is 43.7 Å². The summed E-state index contributed by atoms with van der Waals surface area (Å²) in [4.78, 5) is 16.6. The van der Waals surface area contributed by atoms with E-state index in [1.165, 1.54) is 6.07 Å². The summed E-state index contributed by atoms with van der Waals surface area (Å²) >= 11 is 0. The normalized spacial score (nSPS) is 30.7. The van der Waals surface area contributed by atoms with Crippen LogP contribution in [0.4, 0.5) is 22.0 Å². The minimum Gasteiger partial charge on any atom is -0.484 e. The molecule has 4 aliphatic rings. The molecular formula is C21H20F5N3O3. The molecule has 1 amide bonds. The van der Waals surface area contributed by atoms with Crippen molar-refractivity contribution in [3.05, 3.63) is 48.1 Å². The van der Waals surface area contributed by atoms with Crippen molar-refractivity contribution in [1.29, 1.82) is 0 Å². The van der Waals surface area contributed by atoms with E-state index in [4.69, 9.17) is 4.74 Å². The zero-order chi connectivity index (χ0) is 22.7. The highest BCUT2D eigenvalue weighted by Gasteiger charge is 2.69. The quantitative estimate of drug-likeness (QED) is 0.643. The molecule has 2 aromatic rings. The molecule has 11 heteroatoms. The summed E-state index contributed by atoms with van der Waals surface area (Å²) in [6.45, 7) is -0.308. The molecule has 0 spiro atoms. The van der Waals surface area contributed by atoms with Crippen molar-refractivity contribution in [3.8, 4) is 5.75 Å². The highest BCUT2D eigenvalue weighted by molar-refractivity contribution is 5.79. The molecule has 6 nitrogen and oxygen atoms in total. The Labute approximate surface area is 179 Å². The summed E-state index contributed by atoms with van der Waals surface area (Å²) < 4.78 is 74.1. The van der Waals surface area contributed by atoms with Crippen molar-refractivity contribution in [2.24, 2.45) is 0 Å². The number of imidazole rings is 1. The maximum Gasteiger partial charge on any atom is 0.522 e. The molecule has 6 rings (SSSR count). The average molecular weight is 457 g/mol. The zero-order valence-electron chi connectivity index (χ0n) is 16.8. The molecule has 0 atom stereocenters. The van der Waals surface area contributed by atoms with Crippen LogP contribution < -0.4 is 10.1 Å². The van der Waals surface area contributed by atoms with E-state index in [9.17, 15) is 26.7 Å². The van der Waals surface area contributed by atoms with E-state index in [0.29, 0.717) is 12.8 Å². The molecule has 0 saturated heterocycles. The van der Waals surface area contributed by atoms with Crippen molar-refractivity contribution >= 4 is 5.91 Å². The van der Waals surface area contributed by atoms with E-state index >= 15 is 0 Å². The largest absolute Gasteiger partial charge is 0.522 e. The minimum atomic E-state index is -4.61. The van der Waals surface area contributed by atoms with Gasteiger partial charge in [0.1, 0.15) is 5.75 Å². The van der Waals surface area contributed by atoms with Gasteiger partial charge in [-0.15, -0.1) is 13.2 Å². The van der Waals surface area contributed by atoms with Gasteiger partial charge in [0.25, 0.3) is 5.91 Å². The van der Waals surface area contributed by atoms with Crippen LogP contribution in [-0.2, 0) is 15.1 Å². The molecule has 1 N–H and O–H groups in total. The molecule has 0 aliphatic heterocycles. The van der Waals surface area contributed by atoms with Crippen LogP contribution in [0, 0.1) is 11.6 Å². The number of halogens is 5. The molecule has 4 fully saturated rings. The molecule has 172 valence electrons. The Bertz CT molecular complexity index is 1030. The summed E-state index contributed by atoms with van der Waals surface area (Å²) in [7, 11) is 0.